The molecule has 0 rings (SSSR count). The molecular formula is C11H23NO3. The number of hydrogen-bond donors (Lipinski definition) is 2. The second-order valence-corrected chi connectivity index (χ2v) is 4.37. The van der Waals surface area contributed by atoms with Gasteiger partial charge in [-0.1, -0.05) is 6.42 Å². The smallest absolute Gasteiger partial charge is 0.163 e. The van der Waals surface area contributed by atoms with Crippen LogP contribution < -0.4 is 5.73 Å². The highest BCUT2D eigenvalue weighted by Gasteiger charge is 2.22. The van der Waals surface area contributed by atoms with Crippen LogP contribution in [0.5, 0.6) is 0 Å². The third kappa shape index (κ3) is 8.54. The largest absolute Gasteiger partial charge is 0.383 e. The standard InChI is InChI=1S/C11H23NO3/c1-9(12)15-8-6-4-5-7-10(13)11(2,3)14/h9,14H,4-8,12H2,1-3H3. The van der Waals surface area contributed by atoms with Crippen molar-refractivity contribution in [1.29, 1.82) is 0 Å². The normalized spacial score (nSPS) is 13.9. The van der Waals surface area contributed by atoms with Crippen LogP contribution in [0.3, 0.4) is 0 Å². The number of ether oxygens (including phenoxy) is 1. The van der Waals surface area contributed by atoms with Gasteiger partial charge < -0.3 is 15.6 Å². The van der Waals surface area contributed by atoms with Gasteiger partial charge in [-0.25, -0.2) is 0 Å². The van der Waals surface area contributed by atoms with Crippen molar-refractivity contribution in [1.82, 2.24) is 0 Å². The summed E-state index contributed by atoms with van der Waals surface area (Å²) in [5.41, 5.74) is 4.21. The molecule has 90 valence electrons. The minimum Gasteiger partial charge on any atom is -0.383 e. The van der Waals surface area contributed by atoms with Crippen LogP contribution in [0.2, 0.25) is 0 Å². The van der Waals surface area contributed by atoms with Crippen molar-refractivity contribution in [3.63, 3.8) is 0 Å². The predicted molar refractivity (Wildman–Crippen MR) is 59.4 cm³/mol. The summed E-state index contributed by atoms with van der Waals surface area (Å²) in [5.74, 6) is -0.101. The molecule has 15 heavy (non-hydrogen) atoms. The van der Waals surface area contributed by atoms with E-state index in [0.717, 1.165) is 19.3 Å². The summed E-state index contributed by atoms with van der Waals surface area (Å²) in [4.78, 5) is 11.3. The molecule has 3 N–H and O–H groups in total. The molecule has 0 aromatic rings. The van der Waals surface area contributed by atoms with Crippen LogP contribution in [-0.4, -0.2) is 29.3 Å². The Bertz CT molecular complexity index is 185. The van der Waals surface area contributed by atoms with E-state index in [1.165, 1.54) is 13.8 Å². The zero-order valence-corrected chi connectivity index (χ0v) is 9.95. The van der Waals surface area contributed by atoms with Crippen LogP contribution >= 0.6 is 0 Å². The minimum atomic E-state index is -1.19. The fourth-order valence-corrected chi connectivity index (χ4v) is 1.14. The maximum absolute atomic E-state index is 11.3. The zero-order valence-electron chi connectivity index (χ0n) is 9.95. The van der Waals surface area contributed by atoms with Gasteiger partial charge in [-0.2, -0.15) is 0 Å². The molecule has 0 aromatic carbocycles. The Morgan fingerprint density at radius 2 is 2.00 bits per heavy atom. The summed E-state index contributed by atoms with van der Waals surface area (Å²) in [5, 5.41) is 9.37. The van der Waals surface area contributed by atoms with Crippen molar-refractivity contribution < 1.29 is 14.6 Å². The van der Waals surface area contributed by atoms with Crippen molar-refractivity contribution in [3.8, 4) is 0 Å². The summed E-state index contributed by atoms with van der Waals surface area (Å²) >= 11 is 0. The molecule has 0 bridgehead atoms. The first-order valence-corrected chi connectivity index (χ1v) is 5.47. The van der Waals surface area contributed by atoms with Gasteiger partial charge >= 0.3 is 0 Å². The molecule has 0 fully saturated rings. The lowest BCUT2D eigenvalue weighted by atomic mass is 9.99. The third-order valence-electron chi connectivity index (χ3n) is 2.11. The molecule has 4 nitrogen and oxygen atoms in total. The Morgan fingerprint density at radius 3 is 2.47 bits per heavy atom. The predicted octanol–water partition coefficient (Wildman–Crippen LogP) is 1.21. The van der Waals surface area contributed by atoms with Gasteiger partial charge in [-0.05, 0) is 33.6 Å². The fraction of sp³-hybridized carbons (Fsp3) is 0.909. The first kappa shape index (κ1) is 14.6. The molecule has 0 aliphatic heterocycles. The lowest BCUT2D eigenvalue weighted by molar-refractivity contribution is -0.134. The second kappa shape index (κ2) is 6.93. The number of hydrogen-bond acceptors (Lipinski definition) is 4. The SMILES string of the molecule is CC(N)OCCCCCC(=O)C(C)(C)O. The number of unbranched alkanes of at least 4 members (excludes halogenated alkanes) is 2. The van der Waals surface area contributed by atoms with Crippen LogP contribution in [0.15, 0.2) is 0 Å². The molecule has 0 saturated heterocycles. The Hall–Kier alpha value is -0.450. The van der Waals surface area contributed by atoms with Gasteiger partial charge in [0.15, 0.2) is 5.78 Å². The third-order valence-corrected chi connectivity index (χ3v) is 2.11. The summed E-state index contributed by atoms with van der Waals surface area (Å²) in [6, 6.07) is 0. The Balaban J connectivity index is 3.36. The maximum Gasteiger partial charge on any atom is 0.163 e. The van der Waals surface area contributed by atoms with E-state index in [4.69, 9.17) is 10.5 Å². The minimum absolute atomic E-state index is 0.101. The van der Waals surface area contributed by atoms with E-state index < -0.39 is 5.60 Å². The second-order valence-electron chi connectivity index (χ2n) is 4.37. The molecule has 0 radical (unpaired) electrons. The van der Waals surface area contributed by atoms with E-state index in [1.54, 1.807) is 6.92 Å². The molecule has 0 aliphatic rings. The number of nitrogens with two attached hydrogens (primary N) is 1. The van der Waals surface area contributed by atoms with Crippen molar-refractivity contribution in [2.75, 3.05) is 6.61 Å². The van der Waals surface area contributed by atoms with Gasteiger partial charge in [0, 0.05) is 13.0 Å². The molecule has 0 amide bonds. The van der Waals surface area contributed by atoms with Crippen molar-refractivity contribution in [2.24, 2.45) is 5.73 Å². The Labute approximate surface area is 91.8 Å². The molecule has 1 atom stereocenters. The number of carbonyl (C=O) groups is 1. The van der Waals surface area contributed by atoms with Gasteiger partial charge in [0.2, 0.25) is 0 Å². The highest BCUT2D eigenvalue weighted by molar-refractivity contribution is 5.86. The molecule has 4 heteroatoms. The van der Waals surface area contributed by atoms with Gasteiger partial charge in [0.1, 0.15) is 11.8 Å². The van der Waals surface area contributed by atoms with E-state index in [1.807, 2.05) is 0 Å². The summed E-state index contributed by atoms with van der Waals surface area (Å²) in [6.07, 6.45) is 2.84. The zero-order chi connectivity index (χ0) is 11.9. The highest BCUT2D eigenvalue weighted by Crippen LogP contribution is 2.10. The van der Waals surface area contributed by atoms with E-state index >= 15 is 0 Å². The number of aliphatic hydroxyl groups is 1. The van der Waals surface area contributed by atoms with Crippen LogP contribution in [0.25, 0.3) is 0 Å². The number of ketones is 1. The topological polar surface area (TPSA) is 72.5 Å². The molecule has 0 spiro atoms. The van der Waals surface area contributed by atoms with E-state index in [2.05, 4.69) is 0 Å². The van der Waals surface area contributed by atoms with Crippen LogP contribution in [0.1, 0.15) is 46.5 Å². The average Bonchev–Trinajstić information content (AvgIpc) is 2.08. The van der Waals surface area contributed by atoms with Crippen LogP contribution in [-0.2, 0) is 9.53 Å². The van der Waals surface area contributed by atoms with Gasteiger partial charge in [0.25, 0.3) is 0 Å². The lowest BCUT2D eigenvalue weighted by Crippen LogP contribution is -2.30. The summed E-state index contributed by atoms with van der Waals surface area (Å²) in [6.45, 7) is 5.47. The average molecular weight is 217 g/mol. The Morgan fingerprint density at radius 1 is 1.40 bits per heavy atom. The van der Waals surface area contributed by atoms with Gasteiger partial charge in [-0.15, -0.1) is 0 Å². The fourth-order valence-electron chi connectivity index (χ4n) is 1.14. The highest BCUT2D eigenvalue weighted by atomic mass is 16.5. The molecule has 1 unspecified atom stereocenters. The summed E-state index contributed by atoms with van der Waals surface area (Å²) in [7, 11) is 0. The van der Waals surface area contributed by atoms with Gasteiger partial charge in [0.05, 0.1) is 0 Å². The van der Waals surface area contributed by atoms with Crippen LogP contribution in [0, 0.1) is 0 Å². The van der Waals surface area contributed by atoms with E-state index in [-0.39, 0.29) is 12.0 Å². The first-order chi connectivity index (χ1) is 6.84. The lowest BCUT2D eigenvalue weighted by Gasteiger charge is -2.15. The maximum atomic E-state index is 11.3. The summed E-state index contributed by atoms with van der Waals surface area (Å²) < 4.78 is 5.16. The molecule has 0 heterocycles. The van der Waals surface area contributed by atoms with E-state index in [9.17, 15) is 9.90 Å². The van der Waals surface area contributed by atoms with Crippen molar-refractivity contribution in [3.05, 3.63) is 0 Å². The number of rotatable bonds is 8. The van der Waals surface area contributed by atoms with E-state index in [0.29, 0.717) is 13.0 Å². The Kier molecular flexibility index (Phi) is 6.72. The number of carbonyl (C=O) groups excluding carboxylic acids is 1. The van der Waals surface area contributed by atoms with Crippen molar-refractivity contribution >= 4 is 5.78 Å². The monoisotopic (exact) mass is 217 g/mol. The van der Waals surface area contributed by atoms with Crippen molar-refractivity contribution in [2.45, 2.75) is 58.3 Å². The molecular weight excluding hydrogens is 194 g/mol. The molecule has 0 saturated carbocycles. The molecule has 0 aromatic heterocycles. The molecule has 0 aliphatic carbocycles. The van der Waals surface area contributed by atoms with Crippen LogP contribution in [0.4, 0.5) is 0 Å². The van der Waals surface area contributed by atoms with Gasteiger partial charge in [-0.3, -0.25) is 4.79 Å². The first-order valence-electron chi connectivity index (χ1n) is 5.47. The number of Topliss-reactive ketones (excluding diaryl/α,β-unsaturated/α-hetero) is 1. The quantitative estimate of drug-likeness (QED) is 0.473.